The molecule has 0 saturated carbocycles. The molecule has 1 amide bonds. The molecule has 5 nitrogen and oxygen atoms in total. The van der Waals surface area contributed by atoms with Crippen LogP contribution in [0.25, 0.3) is 10.9 Å². The monoisotopic (exact) mass is 424 g/mol. The molecule has 5 heteroatoms. The van der Waals surface area contributed by atoms with Gasteiger partial charge in [-0.25, -0.2) is 0 Å². The number of pyridine rings is 1. The summed E-state index contributed by atoms with van der Waals surface area (Å²) in [6.45, 7) is 2.25. The van der Waals surface area contributed by atoms with Crippen LogP contribution in [0, 0.1) is 5.92 Å². The first-order valence-electron chi connectivity index (χ1n) is 11.4. The van der Waals surface area contributed by atoms with E-state index in [1.165, 1.54) is 10.9 Å². The Morgan fingerprint density at radius 3 is 2.81 bits per heavy atom. The molecule has 0 radical (unpaired) electrons. The van der Waals surface area contributed by atoms with E-state index in [9.17, 15) is 4.79 Å². The van der Waals surface area contributed by atoms with Crippen LogP contribution in [0.4, 0.5) is 0 Å². The second-order valence-corrected chi connectivity index (χ2v) is 8.68. The molecule has 1 atom stereocenters. The molecule has 0 bridgehead atoms. The Bertz CT molecular complexity index is 1200. The average Bonchev–Trinajstić information content (AvgIpc) is 3.23. The van der Waals surface area contributed by atoms with E-state index in [0.717, 1.165) is 55.4 Å². The molecule has 162 valence electrons. The molecule has 1 aliphatic rings. The lowest BCUT2D eigenvalue weighted by atomic mass is 9.92. The van der Waals surface area contributed by atoms with E-state index < -0.39 is 0 Å². The highest BCUT2D eigenvalue weighted by Crippen LogP contribution is 2.25. The summed E-state index contributed by atoms with van der Waals surface area (Å²) in [7, 11) is 0. The number of hydrogen-bond donors (Lipinski definition) is 0. The standard InChI is InChI=1S/C27H28N4O/c32-27(25-9-2-1-7-24(25)20-31-16-5-14-29-31)30-15-4-6-21(12-17-30)18-22-10-11-26-23(19-22)8-3-13-28-26/h1-3,5,7-11,13-14,16,19,21H,4,6,12,15,17-18,20H2. The average molecular weight is 425 g/mol. The highest BCUT2D eigenvalue weighted by molar-refractivity contribution is 5.95. The highest BCUT2D eigenvalue weighted by atomic mass is 16.2. The summed E-state index contributed by atoms with van der Waals surface area (Å²) >= 11 is 0. The number of carbonyl (C=O) groups is 1. The van der Waals surface area contributed by atoms with E-state index in [1.54, 1.807) is 6.20 Å². The maximum Gasteiger partial charge on any atom is 0.254 e. The summed E-state index contributed by atoms with van der Waals surface area (Å²) in [5.74, 6) is 0.742. The number of nitrogens with zero attached hydrogens (tertiary/aromatic N) is 4. The maximum atomic E-state index is 13.4. The smallest absolute Gasteiger partial charge is 0.254 e. The van der Waals surface area contributed by atoms with Crippen LogP contribution < -0.4 is 0 Å². The van der Waals surface area contributed by atoms with E-state index in [0.29, 0.717) is 12.5 Å². The molecule has 0 spiro atoms. The molecule has 5 rings (SSSR count). The third-order valence-corrected chi connectivity index (χ3v) is 6.47. The van der Waals surface area contributed by atoms with Crippen molar-refractivity contribution in [2.24, 2.45) is 5.92 Å². The molecule has 1 saturated heterocycles. The number of likely N-dealkylation sites (tertiary alicyclic amines) is 1. The normalized spacial score (nSPS) is 16.8. The lowest BCUT2D eigenvalue weighted by Gasteiger charge is -2.22. The van der Waals surface area contributed by atoms with Gasteiger partial charge in [-0.1, -0.05) is 30.3 Å². The number of fused-ring (bicyclic) bond motifs is 1. The van der Waals surface area contributed by atoms with E-state index in [4.69, 9.17) is 0 Å². The van der Waals surface area contributed by atoms with Gasteiger partial charge >= 0.3 is 0 Å². The van der Waals surface area contributed by atoms with Crippen LogP contribution in [0.2, 0.25) is 0 Å². The summed E-state index contributed by atoms with van der Waals surface area (Å²) in [6.07, 6.45) is 9.84. The zero-order valence-electron chi connectivity index (χ0n) is 18.2. The van der Waals surface area contributed by atoms with Gasteiger partial charge in [0.05, 0.1) is 12.1 Å². The van der Waals surface area contributed by atoms with Gasteiger partial charge in [0, 0.05) is 42.6 Å². The lowest BCUT2D eigenvalue weighted by Crippen LogP contribution is -2.33. The highest BCUT2D eigenvalue weighted by Gasteiger charge is 2.23. The van der Waals surface area contributed by atoms with Gasteiger partial charge in [-0.3, -0.25) is 14.5 Å². The molecule has 3 heterocycles. The second-order valence-electron chi connectivity index (χ2n) is 8.68. The van der Waals surface area contributed by atoms with Crippen LogP contribution in [-0.4, -0.2) is 38.7 Å². The SMILES string of the molecule is O=C(c1ccccc1Cn1cccn1)N1CCCC(Cc2ccc3ncccc3c2)CC1. The third-order valence-electron chi connectivity index (χ3n) is 6.47. The van der Waals surface area contributed by atoms with Gasteiger partial charge in [-0.2, -0.15) is 5.10 Å². The number of hydrogen-bond acceptors (Lipinski definition) is 3. The molecule has 1 unspecified atom stereocenters. The molecule has 0 N–H and O–H groups in total. The topological polar surface area (TPSA) is 51.0 Å². The van der Waals surface area contributed by atoms with Crippen LogP contribution in [0.3, 0.4) is 0 Å². The first kappa shape index (κ1) is 20.4. The van der Waals surface area contributed by atoms with Crippen molar-refractivity contribution in [2.45, 2.75) is 32.2 Å². The van der Waals surface area contributed by atoms with Gasteiger partial charge in [0.15, 0.2) is 0 Å². The van der Waals surface area contributed by atoms with Crippen molar-refractivity contribution in [1.82, 2.24) is 19.7 Å². The maximum absolute atomic E-state index is 13.4. The molecule has 0 aliphatic carbocycles. The van der Waals surface area contributed by atoms with Gasteiger partial charge in [0.2, 0.25) is 0 Å². The van der Waals surface area contributed by atoms with Crippen molar-refractivity contribution in [1.29, 1.82) is 0 Å². The Kier molecular flexibility index (Phi) is 5.97. The molecular weight excluding hydrogens is 396 g/mol. The van der Waals surface area contributed by atoms with Crippen LogP contribution in [0.5, 0.6) is 0 Å². The van der Waals surface area contributed by atoms with Crippen LogP contribution in [0.1, 0.15) is 40.7 Å². The van der Waals surface area contributed by atoms with Gasteiger partial charge in [0.1, 0.15) is 0 Å². The summed E-state index contributed by atoms with van der Waals surface area (Å²) < 4.78 is 1.86. The van der Waals surface area contributed by atoms with Crippen molar-refractivity contribution in [3.63, 3.8) is 0 Å². The van der Waals surface area contributed by atoms with E-state index in [2.05, 4.69) is 34.3 Å². The van der Waals surface area contributed by atoms with Crippen molar-refractivity contribution < 1.29 is 4.79 Å². The lowest BCUT2D eigenvalue weighted by molar-refractivity contribution is 0.0758. The largest absolute Gasteiger partial charge is 0.339 e. The summed E-state index contributed by atoms with van der Waals surface area (Å²) in [5.41, 5.74) is 4.22. The van der Waals surface area contributed by atoms with Crippen LogP contribution in [-0.2, 0) is 13.0 Å². The Balaban J connectivity index is 1.25. The Morgan fingerprint density at radius 2 is 1.91 bits per heavy atom. The van der Waals surface area contributed by atoms with Gasteiger partial charge in [0.25, 0.3) is 5.91 Å². The molecule has 1 aliphatic heterocycles. The van der Waals surface area contributed by atoms with Crippen molar-refractivity contribution in [3.05, 3.63) is 95.9 Å². The molecule has 2 aromatic heterocycles. The van der Waals surface area contributed by atoms with Gasteiger partial charge in [-0.05, 0) is 73.1 Å². The molecular formula is C27H28N4O. The Hall–Kier alpha value is -3.47. The predicted molar refractivity (Wildman–Crippen MR) is 126 cm³/mol. The quantitative estimate of drug-likeness (QED) is 0.455. The van der Waals surface area contributed by atoms with Gasteiger partial charge in [-0.15, -0.1) is 0 Å². The fourth-order valence-electron chi connectivity index (χ4n) is 4.76. The van der Waals surface area contributed by atoms with Crippen LogP contribution >= 0.6 is 0 Å². The zero-order chi connectivity index (χ0) is 21.8. The number of aromatic nitrogens is 3. The molecule has 4 aromatic rings. The van der Waals surface area contributed by atoms with E-state index in [-0.39, 0.29) is 5.91 Å². The minimum absolute atomic E-state index is 0.144. The molecule has 32 heavy (non-hydrogen) atoms. The first-order chi connectivity index (χ1) is 15.8. The van der Waals surface area contributed by atoms with E-state index in [1.807, 2.05) is 58.4 Å². The number of rotatable bonds is 5. The molecule has 2 aromatic carbocycles. The summed E-state index contributed by atoms with van der Waals surface area (Å²) in [5, 5.41) is 5.49. The number of carbonyl (C=O) groups excluding carboxylic acids is 1. The number of amides is 1. The summed E-state index contributed by atoms with van der Waals surface area (Å²) in [4.78, 5) is 19.9. The third kappa shape index (κ3) is 4.57. The Labute approximate surface area is 188 Å². The number of benzene rings is 2. The molecule has 1 fully saturated rings. The second kappa shape index (κ2) is 9.35. The fraction of sp³-hybridized carbons (Fsp3) is 0.296. The predicted octanol–water partition coefficient (Wildman–Crippen LogP) is 4.96. The van der Waals surface area contributed by atoms with Crippen molar-refractivity contribution >= 4 is 16.8 Å². The zero-order valence-corrected chi connectivity index (χ0v) is 18.2. The van der Waals surface area contributed by atoms with Gasteiger partial charge < -0.3 is 4.90 Å². The minimum atomic E-state index is 0.144. The van der Waals surface area contributed by atoms with E-state index >= 15 is 0 Å². The van der Waals surface area contributed by atoms with Crippen LogP contribution in [0.15, 0.2) is 79.3 Å². The van der Waals surface area contributed by atoms with Crippen molar-refractivity contribution in [2.75, 3.05) is 13.1 Å². The Morgan fingerprint density at radius 1 is 0.969 bits per heavy atom. The minimum Gasteiger partial charge on any atom is -0.339 e. The fourth-order valence-corrected chi connectivity index (χ4v) is 4.76. The summed E-state index contributed by atoms with van der Waals surface area (Å²) in [6, 6.07) is 20.5. The first-order valence-corrected chi connectivity index (χ1v) is 11.4. The van der Waals surface area contributed by atoms with Crippen molar-refractivity contribution in [3.8, 4) is 0 Å².